The molecule has 2 amide bonds. The van der Waals surface area contributed by atoms with Crippen LogP contribution in [-0.2, 0) is 0 Å². The second-order valence-corrected chi connectivity index (χ2v) is 5.02. The molecule has 2 aromatic rings. The summed E-state index contributed by atoms with van der Waals surface area (Å²) in [5.41, 5.74) is 10.3. The molecule has 6 N–H and O–H groups in total. The Kier molecular flexibility index (Phi) is 4.47. The predicted molar refractivity (Wildman–Crippen MR) is 83.4 cm³/mol. The molecule has 1 aromatic heterocycles. The maximum atomic E-state index is 11.9. The van der Waals surface area contributed by atoms with Crippen molar-refractivity contribution >= 4 is 35.1 Å². The lowest BCUT2D eigenvalue weighted by Gasteiger charge is -2.10. The van der Waals surface area contributed by atoms with Gasteiger partial charge >= 0.3 is 0 Å². The average molecular weight is 319 g/mol. The van der Waals surface area contributed by atoms with Crippen molar-refractivity contribution in [2.24, 2.45) is 11.5 Å². The molecule has 22 heavy (non-hydrogen) atoms. The van der Waals surface area contributed by atoms with Crippen molar-refractivity contribution in [3.8, 4) is 0 Å². The van der Waals surface area contributed by atoms with Crippen molar-refractivity contribution in [1.29, 1.82) is 0 Å². The standard InChI is InChI=1S/C13H13N5O3S/c1-22-13-17-11(8(10(15)20)12(21)18-13)16-7-4-2-6(3-5-7)9(14)19/h2-5H,1H3,(H2,14,19)(H2,15,20)(H2,16,17,18,21). The minimum absolute atomic E-state index is 0.0485. The number of hydrogen-bond acceptors (Lipinski definition) is 6. The highest BCUT2D eigenvalue weighted by Crippen LogP contribution is 2.19. The van der Waals surface area contributed by atoms with Crippen molar-refractivity contribution in [1.82, 2.24) is 9.97 Å². The number of nitrogens with zero attached hydrogens (tertiary/aromatic N) is 1. The number of carbonyl (C=O) groups is 2. The summed E-state index contributed by atoms with van der Waals surface area (Å²) in [6, 6.07) is 6.17. The van der Waals surface area contributed by atoms with E-state index in [2.05, 4.69) is 15.3 Å². The van der Waals surface area contributed by atoms with E-state index in [-0.39, 0.29) is 11.4 Å². The second kappa shape index (κ2) is 6.31. The third kappa shape index (κ3) is 3.26. The number of hydrogen-bond donors (Lipinski definition) is 4. The summed E-state index contributed by atoms with van der Waals surface area (Å²) in [7, 11) is 0. The number of aromatic nitrogens is 2. The van der Waals surface area contributed by atoms with Crippen LogP contribution in [0.1, 0.15) is 20.7 Å². The second-order valence-electron chi connectivity index (χ2n) is 4.23. The summed E-state index contributed by atoms with van der Waals surface area (Å²) in [6.07, 6.45) is 1.73. The van der Waals surface area contributed by atoms with Gasteiger partial charge in [0.05, 0.1) is 0 Å². The van der Waals surface area contributed by atoms with Gasteiger partial charge in [0, 0.05) is 11.3 Å². The van der Waals surface area contributed by atoms with Crippen LogP contribution in [-0.4, -0.2) is 28.0 Å². The smallest absolute Gasteiger partial charge is 0.266 e. The van der Waals surface area contributed by atoms with Crippen molar-refractivity contribution in [3.63, 3.8) is 0 Å². The molecule has 0 radical (unpaired) electrons. The number of primary amides is 2. The summed E-state index contributed by atoms with van der Waals surface area (Å²) >= 11 is 1.21. The number of carbonyl (C=O) groups excluding carboxylic acids is 2. The van der Waals surface area contributed by atoms with E-state index in [9.17, 15) is 14.4 Å². The Hall–Kier alpha value is -2.81. The minimum Gasteiger partial charge on any atom is -0.366 e. The number of nitrogens with one attached hydrogen (secondary N) is 2. The van der Waals surface area contributed by atoms with Crippen molar-refractivity contribution in [2.75, 3.05) is 11.6 Å². The van der Waals surface area contributed by atoms with Gasteiger partial charge in [-0.1, -0.05) is 11.8 Å². The quantitative estimate of drug-likeness (QED) is 0.465. The highest BCUT2D eigenvalue weighted by atomic mass is 32.2. The largest absolute Gasteiger partial charge is 0.366 e. The fourth-order valence-electron chi connectivity index (χ4n) is 1.72. The van der Waals surface area contributed by atoms with E-state index in [1.54, 1.807) is 18.4 Å². The third-order valence-electron chi connectivity index (χ3n) is 2.77. The Morgan fingerprint density at radius 3 is 2.32 bits per heavy atom. The Morgan fingerprint density at radius 2 is 1.82 bits per heavy atom. The first-order chi connectivity index (χ1) is 10.4. The van der Waals surface area contributed by atoms with Gasteiger partial charge in [-0.2, -0.15) is 0 Å². The van der Waals surface area contributed by atoms with Crippen LogP contribution in [0.25, 0.3) is 0 Å². The number of anilines is 2. The molecular formula is C13H13N5O3S. The van der Waals surface area contributed by atoms with Crippen molar-refractivity contribution < 1.29 is 9.59 Å². The summed E-state index contributed by atoms with van der Waals surface area (Å²) in [5, 5.41) is 3.18. The maximum absolute atomic E-state index is 11.9. The number of rotatable bonds is 5. The molecule has 0 aliphatic heterocycles. The molecule has 0 atom stereocenters. The van der Waals surface area contributed by atoms with Gasteiger partial charge in [0.25, 0.3) is 11.5 Å². The van der Waals surface area contributed by atoms with Gasteiger partial charge < -0.3 is 21.8 Å². The van der Waals surface area contributed by atoms with Crippen LogP contribution >= 0.6 is 11.8 Å². The molecule has 0 spiro atoms. The number of nitrogens with two attached hydrogens (primary N) is 2. The lowest BCUT2D eigenvalue weighted by atomic mass is 10.2. The van der Waals surface area contributed by atoms with Gasteiger partial charge in [-0.3, -0.25) is 14.4 Å². The Morgan fingerprint density at radius 1 is 1.18 bits per heavy atom. The molecule has 9 heteroatoms. The first-order valence-corrected chi connectivity index (χ1v) is 7.30. The van der Waals surface area contributed by atoms with Gasteiger partial charge in [0.2, 0.25) is 5.91 Å². The van der Waals surface area contributed by atoms with Crippen LogP contribution in [0, 0.1) is 0 Å². The Labute approximate surface area is 129 Å². The lowest BCUT2D eigenvalue weighted by molar-refractivity contribution is 0.0991. The van der Waals surface area contributed by atoms with E-state index in [1.807, 2.05) is 0 Å². The predicted octanol–water partition coefficient (Wildman–Crippen LogP) is 0.433. The summed E-state index contributed by atoms with van der Waals surface area (Å²) in [6.45, 7) is 0. The molecular weight excluding hydrogens is 306 g/mol. The minimum atomic E-state index is -0.891. The highest BCUT2D eigenvalue weighted by Gasteiger charge is 2.16. The molecule has 0 fully saturated rings. The Balaban J connectivity index is 2.43. The van der Waals surface area contributed by atoms with Gasteiger partial charge in [-0.25, -0.2) is 4.98 Å². The van der Waals surface area contributed by atoms with Crippen LogP contribution in [0.15, 0.2) is 34.2 Å². The summed E-state index contributed by atoms with van der Waals surface area (Å²) in [4.78, 5) is 40.9. The first kappa shape index (κ1) is 15.6. The van der Waals surface area contributed by atoms with E-state index in [1.165, 1.54) is 23.9 Å². The number of aromatic amines is 1. The molecule has 8 nitrogen and oxygen atoms in total. The van der Waals surface area contributed by atoms with Gasteiger partial charge in [-0.05, 0) is 30.5 Å². The van der Waals surface area contributed by atoms with E-state index >= 15 is 0 Å². The third-order valence-corrected chi connectivity index (χ3v) is 3.35. The molecule has 0 saturated carbocycles. The fourth-order valence-corrected chi connectivity index (χ4v) is 2.10. The zero-order valence-corrected chi connectivity index (χ0v) is 12.4. The number of amides is 2. The highest BCUT2D eigenvalue weighted by molar-refractivity contribution is 7.98. The lowest BCUT2D eigenvalue weighted by Crippen LogP contribution is -2.26. The number of thioether (sulfide) groups is 1. The normalized spacial score (nSPS) is 10.2. The number of benzene rings is 1. The van der Waals surface area contributed by atoms with E-state index in [0.29, 0.717) is 16.4 Å². The van der Waals surface area contributed by atoms with Crippen molar-refractivity contribution in [2.45, 2.75) is 5.16 Å². The van der Waals surface area contributed by atoms with Crippen LogP contribution in [0.3, 0.4) is 0 Å². The first-order valence-electron chi connectivity index (χ1n) is 6.07. The van der Waals surface area contributed by atoms with E-state index in [4.69, 9.17) is 11.5 Å². The zero-order chi connectivity index (χ0) is 16.3. The molecule has 0 saturated heterocycles. The monoisotopic (exact) mass is 319 g/mol. The number of H-pyrrole nitrogens is 1. The Bertz CT molecular complexity index is 785. The molecule has 0 bridgehead atoms. The molecule has 114 valence electrons. The van der Waals surface area contributed by atoms with E-state index in [0.717, 1.165) is 0 Å². The summed E-state index contributed by atoms with van der Waals surface area (Å²) < 4.78 is 0. The summed E-state index contributed by atoms with van der Waals surface area (Å²) in [5.74, 6) is -1.39. The van der Waals surface area contributed by atoms with Crippen LogP contribution in [0.4, 0.5) is 11.5 Å². The van der Waals surface area contributed by atoms with Gasteiger partial charge in [-0.15, -0.1) is 0 Å². The van der Waals surface area contributed by atoms with Gasteiger partial charge in [0.15, 0.2) is 11.0 Å². The van der Waals surface area contributed by atoms with E-state index < -0.39 is 17.4 Å². The molecule has 2 rings (SSSR count). The topological polar surface area (TPSA) is 144 Å². The fraction of sp³-hybridized carbons (Fsp3) is 0.0769. The molecule has 0 aliphatic rings. The van der Waals surface area contributed by atoms with Crippen LogP contribution < -0.4 is 22.3 Å². The molecule has 1 aromatic carbocycles. The molecule has 1 heterocycles. The molecule has 0 unspecified atom stereocenters. The van der Waals surface area contributed by atoms with Crippen LogP contribution in [0.2, 0.25) is 0 Å². The van der Waals surface area contributed by atoms with Crippen LogP contribution in [0.5, 0.6) is 0 Å². The molecule has 0 aliphatic carbocycles. The van der Waals surface area contributed by atoms with Crippen molar-refractivity contribution in [3.05, 3.63) is 45.7 Å². The van der Waals surface area contributed by atoms with Gasteiger partial charge in [0.1, 0.15) is 5.56 Å². The zero-order valence-electron chi connectivity index (χ0n) is 11.5. The average Bonchev–Trinajstić information content (AvgIpc) is 2.46. The maximum Gasteiger partial charge on any atom is 0.266 e. The SMILES string of the molecule is CSc1nc(Nc2ccc(C(N)=O)cc2)c(C(N)=O)c(=O)[nH]1.